The Kier molecular flexibility index (Phi) is 7.75. The van der Waals surface area contributed by atoms with E-state index >= 15 is 0 Å². The van der Waals surface area contributed by atoms with Gasteiger partial charge in [-0.1, -0.05) is 25.1 Å². The first-order valence-electron chi connectivity index (χ1n) is 8.85. The number of primary amides is 1. The van der Waals surface area contributed by atoms with E-state index in [2.05, 4.69) is 0 Å². The van der Waals surface area contributed by atoms with E-state index in [1.54, 1.807) is 19.1 Å². The topological polar surface area (TPSA) is 86.5 Å². The fourth-order valence-electron chi connectivity index (χ4n) is 2.33. The van der Waals surface area contributed by atoms with E-state index in [0.717, 1.165) is 5.56 Å². The summed E-state index contributed by atoms with van der Waals surface area (Å²) in [4.78, 5) is 35.4. The molecule has 0 heterocycles. The molecule has 26 heavy (non-hydrogen) atoms. The van der Waals surface area contributed by atoms with Crippen molar-refractivity contribution in [1.82, 2.24) is 0 Å². The minimum Gasteiger partial charge on any atom is -0.456 e. The van der Waals surface area contributed by atoms with Crippen molar-refractivity contribution < 1.29 is 19.1 Å². The second-order valence-corrected chi connectivity index (χ2v) is 7.42. The van der Waals surface area contributed by atoms with Crippen LogP contribution in [0.4, 0.5) is 0 Å². The van der Waals surface area contributed by atoms with Crippen molar-refractivity contribution in [2.24, 2.45) is 11.7 Å². The number of ether oxygens (including phenoxy) is 1. The quantitative estimate of drug-likeness (QED) is 0.567. The van der Waals surface area contributed by atoms with Gasteiger partial charge in [0.1, 0.15) is 5.60 Å². The first kappa shape index (κ1) is 21.6. The normalized spacial score (nSPS) is 13.2. The first-order valence-corrected chi connectivity index (χ1v) is 8.85. The largest absolute Gasteiger partial charge is 0.456 e. The van der Waals surface area contributed by atoms with E-state index in [-0.39, 0.29) is 18.2 Å². The Hall–Kier alpha value is -2.43. The molecule has 0 bridgehead atoms. The maximum absolute atomic E-state index is 12.2. The van der Waals surface area contributed by atoms with Crippen molar-refractivity contribution in [2.45, 2.75) is 59.5 Å². The van der Waals surface area contributed by atoms with Gasteiger partial charge in [0.25, 0.3) is 0 Å². The molecule has 1 atom stereocenters. The molecule has 0 fully saturated rings. The summed E-state index contributed by atoms with van der Waals surface area (Å²) in [7, 11) is 0. The third-order valence-corrected chi connectivity index (χ3v) is 4.00. The van der Waals surface area contributed by atoms with Crippen molar-refractivity contribution in [3.8, 4) is 0 Å². The molecule has 5 heteroatoms. The average Bonchev–Trinajstić information content (AvgIpc) is 2.55. The standard InChI is InChI=1S/C21H29NO4/c1-6-16(19(22)24)13-18(23)14(2)7-8-15-9-11-17(12-10-15)20(25)26-21(3,4)5/h7,9-12,16H,6,8,13H2,1-5H3,(H2,22,24)/b14-7-. The molecule has 0 saturated heterocycles. The molecule has 5 nitrogen and oxygen atoms in total. The van der Waals surface area contributed by atoms with Crippen LogP contribution in [0.2, 0.25) is 0 Å². The Labute approximate surface area is 155 Å². The Morgan fingerprint density at radius 1 is 1.15 bits per heavy atom. The highest BCUT2D eigenvalue weighted by Crippen LogP contribution is 2.15. The van der Waals surface area contributed by atoms with E-state index in [4.69, 9.17) is 10.5 Å². The zero-order valence-corrected chi connectivity index (χ0v) is 16.3. The fraction of sp³-hybridized carbons (Fsp3) is 0.476. The molecule has 1 amide bonds. The predicted octanol–water partition coefficient (Wildman–Crippen LogP) is 3.60. The molecule has 1 rings (SSSR count). The number of rotatable bonds is 8. The monoisotopic (exact) mass is 359 g/mol. The summed E-state index contributed by atoms with van der Waals surface area (Å²) in [5, 5.41) is 0. The van der Waals surface area contributed by atoms with Crippen LogP contribution in [0.3, 0.4) is 0 Å². The van der Waals surface area contributed by atoms with E-state index in [0.29, 0.717) is 24.0 Å². The summed E-state index contributed by atoms with van der Waals surface area (Å²) >= 11 is 0. The van der Waals surface area contributed by atoms with Crippen LogP contribution >= 0.6 is 0 Å². The molecule has 2 N–H and O–H groups in total. The van der Waals surface area contributed by atoms with Crippen LogP contribution in [-0.4, -0.2) is 23.3 Å². The van der Waals surface area contributed by atoms with Gasteiger partial charge in [0.2, 0.25) is 5.91 Å². The summed E-state index contributed by atoms with van der Waals surface area (Å²) in [6, 6.07) is 7.11. The number of allylic oxidation sites excluding steroid dienone is 2. The molecule has 0 saturated carbocycles. The molecule has 0 aromatic heterocycles. The van der Waals surface area contributed by atoms with Crippen LogP contribution in [0.1, 0.15) is 63.4 Å². The van der Waals surface area contributed by atoms with Crippen LogP contribution in [0.15, 0.2) is 35.9 Å². The maximum Gasteiger partial charge on any atom is 0.338 e. The number of benzene rings is 1. The van der Waals surface area contributed by atoms with E-state index < -0.39 is 17.4 Å². The van der Waals surface area contributed by atoms with Gasteiger partial charge in [-0.25, -0.2) is 4.79 Å². The second kappa shape index (κ2) is 9.32. The van der Waals surface area contributed by atoms with Gasteiger partial charge >= 0.3 is 5.97 Å². The molecular weight excluding hydrogens is 330 g/mol. The number of carbonyl (C=O) groups is 3. The highest BCUT2D eigenvalue weighted by Gasteiger charge is 2.19. The first-order chi connectivity index (χ1) is 12.0. The van der Waals surface area contributed by atoms with Crippen LogP contribution in [0.25, 0.3) is 0 Å². The van der Waals surface area contributed by atoms with Gasteiger partial charge in [0.05, 0.1) is 5.56 Å². The molecule has 1 unspecified atom stereocenters. The lowest BCUT2D eigenvalue weighted by Crippen LogP contribution is -2.25. The molecule has 0 radical (unpaired) electrons. The van der Waals surface area contributed by atoms with E-state index in [9.17, 15) is 14.4 Å². The fourth-order valence-corrected chi connectivity index (χ4v) is 2.33. The molecule has 0 aliphatic carbocycles. The zero-order valence-electron chi connectivity index (χ0n) is 16.3. The number of amides is 1. The zero-order chi connectivity index (χ0) is 19.9. The summed E-state index contributed by atoms with van der Waals surface area (Å²) in [5.41, 5.74) is 6.84. The Morgan fingerprint density at radius 2 is 1.73 bits per heavy atom. The summed E-state index contributed by atoms with van der Waals surface area (Å²) in [5.74, 6) is -1.28. The summed E-state index contributed by atoms with van der Waals surface area (Å²) < 4.78 is 5.33. The molecule has 0 aliphatic heterocycles. The lowest BCUT2D eigenvalue weighted by atomic mass is 9.95. The van der Waals surface area contributed by atoms with Crippen LogP contribution in [0.5, 0.6) is 0 Å². The number of hydrogen-bond acceptors (Lipinski definition) is 4. The van der Waals surface area contributed by atoms with Gasteiger partial charge in [-0.05, 0) is 63.8 Å². The lowest BCUT2D eigenvalue weighted by molar-refractivity contribution is -0.126. The van der Waals surface area contributed by atoms with E-state index in [1.165, 1.54) is 0 Å². The number of carbonyl (C=O) groups excluding carboxylic acids is 3. The number of esters is 1. The summed E-state index contributed by atoms with van der Waals surface area (Å²) in [6.45, 7) is 9.06. The molecule has 1 aromatic carbocycles. The average molecular weight is 359 g/mol. The van der Waals surface area contributed by atoms with Gasteiger partial charge in [0, 0.05) is 12.3 Å². The Bertz CT molecular complexity index is 681. The Balaban J connectivity index is 2.69. The van der Waals surface area contributed by atoms with Crippen molar-refractivity contribution >= 4 is 17.7 Å². The molecule has 142 valence electrons. The second-order valence-electron chi connectivity index (χ2n) is 7.42. The van der Waals surface area contributed by atoms with Gasteiger partial charge in [0.15, 0.2) is 5.78 Å². The highest BCUT2D eigenvalue weighted by atomic mass is 16.6. The molecule has 1 aromatic rings. The maximum atomic E-state index is 12.2. The minimum atomic E-state index is -0.531. The van der Waals surface area contributed by atoms with Gasteiger partial charge < -0.3 is 10.5 Å². The number of Topliss-reactive ketones (excluding diaryl/α,β-unsaturated/α-hetero) is 1. The van der Waals surface area contributed by atoms with Crippen LogP contribution < -0.4 is 5.73 Å². The molecule has 0 aliphatic rings. The van der Waals surface area contributed by atoms with Gasteiger partial charge in [-0.3, -0.25) is 9.59 Å². The van der Waals surface area contributed by atoms with Crippen LogP contribution in [-0.2, 0) is 20.7 Å². The number of hydrogen-bond donors (Lipinski definition) is 1. The number of ketones is 1. The Morgan fingerprint density at radius 3 is 2.19 bits per heavy atom. The van der Waals surface area contributed by atoms with Crippen molar-refractivity contribution in [2.75, 3.05) is 0 Å². The van der Waals surface area contributed by atoms with Gasteiger partial charge in [-0.15, -0.1) is 0 Å². The van der Waals surface area contributed by atoms with Gasteiger partial charge in [-0.2, -0.15) is 0 Å². The third kappa shape index (κ3) is 7.21. The van der Waals surface area contributed by atoms with Crippen LogP contribution in [0, 0.1) is 5.92 Å². The van der Waals surface area contributed by atoms with Crippen molar-refractivity contribution in [1.29, 1.82) is 0 Å². The van der Waals surface area contributed by atoms with Crippen molar-refractivity contribution in [3.63, 3.8) is 0 Å². The SMILES string of the molecule is CCC(CC(=O)/C(C)=C\Cc1ccc(C(=O)OC(C)(C)C)cc1)C(N)=O. The van der Waals surface area contributed by atoms with E-state index in [1.807, 2.05) is 45.9 Å². The van der Waals surface area contributed by atoms with Crippen molar-refractivity contribution in [3.05, 3.63) is 47.0 Å². The minimum absolute atomic E-state index is 0.0685. The molecular formula is C21H29NO4. The lowest BCUT2D eigenvalue weighted by Gasteiger charge is -2.19. The molecule has 0 spiro atoms. The number of nitrogens with two attached hydrogens (primary N) is 1. The summed E-state index contributed by atoms with van der Waals surface area (Å²) in [6.07, 6.45) is 3.10. The smallest absolute Gasteiger partial charge is 0.338 e. The third-order valence-electron chi connectivity index (χ3n) is 4.00. The predicted molar refractivity (Wildman–Crippen MR) is 102 cm³/mol. The highest BCUT2D eigenvalue weighted by molar-refractivity contribution is 5.97.